The first kappa shape index (κ1) is 15.5. The summed E-state index contributed by atoms with van der Waals surface area (Å²) >= 11 is 0. The number of amides is 2. The van der Waals surface area contributed by atoms with Crippen molar-refractivity contribution in [3.05, 3.63) is 30.3 Å². The molecule has 0 fully saturated rings. The van der Waals surface area contributed by atoms with E-state index in [1.165, 1.54) is 0 Å². The quantitative estimate of drug-likeness (QED) is 0.753. The number of hydrogen-bond donors (Lipinski definition) is 2. The second-order valence-electron chi connectivity index (χ2n) is 3.78. The number of ether oxygens (including phenoxy) is 1. The number of nitrogens with one attached hydrogen (secondary N) is 1. The highest BCUT2D eigenvalue weighted by atomic mass is 16.5. The van der Waals surface area contributed by atoms with Gasteiger partial charge in [-0.15, -0.1) is 0 Å². The molecule has 0 saturated carbocycles. The lowest BCUT2D eigenvalue weighted by Gasteiger charge is -2.21. The largest absolute Gasteiger partial charge is 0.480 e. The highest BCUT2D eigenvalue weighted by Crippen LogP contribution is 2.12. The van der Waals surface area contributed by atoms with Crippen LogP contribution in [0.3, 0.4) is 0 Å². The van der Waals surface area contributed by atoms with E-state index in [-0.39, 0.29) is 13.2 Å². The Morgan fingerprint density at radius 2 is 1.90 bits per heavy atom. The molecule has 7 heteroatoms. The second-order valence-corrected chi connectivity index (χ2v) is 3.78. The van der Waals surface area contributed by atoms with Crippen molar-refractivity contribution in [3.63, 3.8) is 0 Å². The standard InChI is InChI=1S/C13H16N2O5/c1-2-20-12(18)8-14-13(19)15(9-11(16)17)10-6-4-3-5-7-10/h3-7H,2,8-9H2,1H3,(H,14,19)(H,16,17). The summed E-state index contributed by atoms with van der Waals surface area (Å²) in [5.74, 6) is -1.73. The van der Waals surface area contributed by atoms with Gasteiger partial charge in [0.1, 0.15) is 13.1 Å². The van der Waals surface area contributed by atoms with Gasteiger partial charge in [0.15, 0.2) is 0 Å². The maximum Gasteiger partial charge on any atom is 0.325 e. The fourth-order valence-electron chi connectivity index (χ4n) is 1.48. The fourth-order valence-corrected chi connectivity index (χ4v) is 1.48. The minimum Gasteiger partial charge on any atom is -0.480 e. The summed E-state index contributed by atoms with van der Waals surface area (Å²) in [5, 5.41) is 11.2. The van der Waals surface area contributed by atoms with Crippen molar-refractivity contribution in [2.24, 2.45) is 0 Å². The van der Waals surface area contributed by atoms with E-state index >= 15 is 0 Å². The molecule has 1 aromatic rings. The zero-order valence-electron chi connectivity index (χ0n) is 11.0. The Morgan fingerprint density at radius 3 is 2.45 bits per heavy atom. The third-order valence-electron chi connectivity index (χ3n) is 2.30. The average Bonchev–Trinajstić information content (AvgIpc) is 2.43. The van der Waals surface area contributed by atoms with Crippen LogP contribution in [0.15, 0.2) is 30.3 Å². The van der Waals surface area contributed by atoms with Crippen LogP contribution in [-0.2, 0) is 14.3 Å². The summed E-state index contributed by atoms with van der Waals surface area (Å²) in [4.78, 5) is 34.9. The average molecular weight is 280 g/mol. The van der Waals surface area contributed by atoms with Crippen LogP contribution in [0.4, 0.5) is 10.5 Å². The van der Waals surface area contributed by atoms with Gasteiger partial charge in [-0.1, -0.05) is 18.2 Å². The van der Waals surface area contributed by atoms with Gasteiger partial charge >= 0.3 is 18.0 Å². The Labute approximate surface area is 116 Å². The molecule has 0 aliphatic carbocycles. The van der Waals surface area contributed by atoms with Gasteiger partial charge in [0.2, 0.25) is 0 Å². The molecule has 0 saturated heterocycles. The molecule has 0 aliphatic heterocycles. The van der Waals surface area contributed by atoms with E-state index < -0.39 is 24.5 Å². The summed E-state index contributed by atoms with van der Waals surface area (Å²) < 4.78 is 4.67. The zero-order chi connectivity index (χ0) is 15.0. The predicted molar refractivity (Wildman–Crippen MR) is 71.5 cm³/mol. The summed E-state index contributed by atoms with van der Waals surface area (Å²) in [6.45, 7) is 1.06. The third kappa shape index (κ3) is 4.97. The molecular weight excluding hydrogens is 264 g/mol. The van der Waals surface area contributed by atoms with E-state index in [1.54, 1.807) is 37.3 Å². The van der Waals surface area contributed by atoms with Gasteiger partial charge in [0, 0.05) is 5.69 Å². The number of aliphatic carboxylic acids is 1. The van der Waals surface area contributed by atoms with E-state index in [0.717, 1.165) is 4.90 Å². The fraction of sp³-hybridized carbons (Fsp3) is 0.308. The van der Waals surface area contributed by atoms with Gasteiger partial charge in [-0.05, 0) is 19.1 Å². The Kier molecular flexibility index (Phi) is 6.02. The van der Waals surface area contributed by atoms with Crippen molar-refractivity contribution >= 4 is 23.7 Å². The number of hydrogen-bond acceptors (Lipinski definition) is 4. The molecule has 0 spiro atoms. The molecule has 2 N–H and O–H groups in total. The zero-order valence-corrected chi connectivity index (χ0v) is 11.0. The number of carboxylic acids is 1. The number of nitrogens with zero attached hydrogens (tertiary/aromatic N) is 1. The molecule has 108 valence electrons. The van der Waals surface area contributed by atoms with Crippen LogP contribution >= 0.6 is 0 Å². The lowest BCUT2D eigenvalue weighted by Crippen LogP contribution is -2.44. The van der Waals surface area contributed by atoms with Gasteiger partial charge in [0.05, 0.1) is 6.61 Å². The normalized spacial score (nSPS) is 9.65. The smallest absolute Gasteiger partial charge is 0.325 e. The van der Waals surface area contributed by atoms with Crippen LogP contribution in [0, 0.1) is 0 Å². The van der Waals surface area contributed by atoms with Gasteiger partial charge in [-0.2, -0.15) is 0 Å². The van der Waals surface area contributed by atoms with E-state index in [9.17, 15) is 14.4 Å². The molecule has 20 heavy (non-hydrogen) atoms. The number of carbonyl (C=O) groups is 3. The molecule has 7 nitrogen and oxygen atoms in total. The number of carbonyl (C=O) groups excluding carboxylic acids is 2. The second kappa shape index (κ2) is 7.78. The summed E-state index contributed by atoms with van der Waals surface area (Å²) in [6.07, 6.45) is 0. The molecule has 0 radical (unpaired) electrons. The van der Waals surface area contributed by atoms with E-state index in [1.807, 2.05) is 0 Å². The van der Waals surface area contributed by atoms with Gasteiger partial charge in [-0.25, -0.2) is 4.79 Å². The monoisotopic (exact) mass is 280 g/mol. The lowest BCUT2D eigenvalue weighted by molar-refractivity contribution is -0.141. The molecule has 0 aromatic heterocycles. The van der Waals surface area contributed by atoms with E-state index in [2.05, 4.69) is 10.1 Å². The SMILES string of the molecule is CCOC(=O)CNC(=O)N(CC(=O)O)c1ccccc1. The number of anilines is 1. The summed E-state index contributed by atoms with van der Waals surface area (Å²) in [6, 6.07) is 7.65. The van der Waals surface area contributed by atoms with E-state index in [0.29, 0.717) is 5.69 Å². The number of carboxylic acid groups (broad SMARTS) is 1. The van der Waals surface area contributed by atoms with Crippen LogP contribution in [0.1, 0.15) is 6.92 Å². The topological polar surface area (TPSA) is 95.9 Å². The van der Waals surface area contributed by atoms with Crippen molar-refractivity contribution in [3.8, 4) is 0 Å². The molecule has 0 bridgehead atoms. The number of urea groups is 1. The highest BCUT2D eigenvalue weighted by Gasteiger charge is 2.19. The number of esters is 1. The third-order valence-corrected chi connectivity index (χ3v) is 2.30. The molecule has 0 aliphatic rings. The van der Waals surface area contributed by atoms with Crippen molar-refractivity contribution in [1.82, 2.24) is 5.32 Å². The number of rotatable bonds is 6. The molecular formula is C13H16N2O5. The molecule has 0 heterocycles. The molecule has 1 rings (SSSR count). The van der Waals surface area contributed by atoms with Crippen molar-refractivity contribution in [2.75, 3.05) is 24.6 Å². The first-order valence-electron chi connectivity index (χ1n) is 6.02. The molecule has 0 unspecified atom stereocenters. The Morgan fingerprint density at radius 1 is 1.25 bits per heavy atom. The van der Waals surface area contributed by atoms with Crippen LogP contribution in [-0.4, -0.2) is 42.8 Å². The molecule has 0 atom stereocenters. The maximum absolute atomic E-state index is 11.9. The lowest BCUT2D eigenvalue weighted by atomic mass is 10.3. The van der Waals surface area contributed by atoms with Crippen LogP contribution < -0.4 is 10.2 Å². The summed E-state index contributed by atoms with van der Waals surface area (Å²) in [5.41, 5.74) is 0.427. The molecule has 1 aromatic carbocycles. The maximum atomic E-state index is 11.9. The van der Waals surface area contributed by atoms with Gasteiger partial charge in [-0.3, -0.25) is 14.5 Å². The highest BCUT2D eigenvalue weighted by molar-refractivity contribution is 5.97. The van der Waals surface area contributed by atoms with Crippen LogP contribution in [0.25, 0.3) is 0 Å². The Balaban J connectivity index is 2.71. The van der Waals surface area contributed by atoms with E-state index in [4.69, 9.17) is 5.11 Å². The number of benzene rings is 1. The summed E-state index contributed by atoms with van der Waals surface area (Å²) in [7, 11) is 0. The molecule has 2 amide bonds. The van der Waals surface area contributed by atoms with Crippen molar-refractivity contribution in [1.29, 1.82) is 0 Å². The Hall–Kier alpha value is -2.57. The van der Waals surface area contributed by atoms with Crippen molar-refractivity contribution in [2.45, 2.75) is 6.92 Å². The Bertz CT molecular complexity index is 475. The van der Waals surface area contributed by atoms with Crippen molar-refractivity contribution < 1.29 is 24.2 Å². The predicted octanol–water partition coefficient (Wildman–Crippen LogP) is 0.850. The van der Waals surface area contributed by atoms with Crippen LogP contribution in [0.2, 0.25) is 0 Å². The number of para-hydroxylation sites is 1. The minimum absolute atomic E-state index is 0.215. The minimum atomic E-state index is -1.15. The first-order valence-corrected chi connectivity index (χ1v) is 6.02. The van der Waals surface area contributed by atoms with Gasteiger partial charge < -0.3 is 15.2 Å². The van der Waals surface area contributed by atoms with Gasteiger partial charge in [0.25, 0.3) is 0 Å². The van der Waals surface area contributed by atoms with Crippen LogP contribution in [0.5, 0.6) is 0 Å². The first-order chi connectivity index (χ1) is 9.54.